The van der Waals surface area contributed by atoms with E-state index in [4.69, 9.17) is 4.42 Å². The number of aromatic nitrogens is 1. The number of fused-ring (bicyclic) bond motifs is 1. The summed E-state index contributed by atoms with van der Waals surface area (Å²) in [5, 5.41) is 0. The number of amides is 2. The van der Waals surface area contributed by atoms with Gasteiger partial charge in [0.05, 0.1) is 13.1 Å². The number of nitrogens with zero attached hydrogens (tertiary/aromatic N) is 3. The molecule has 126 valence electrons. The molecule has 0 bridgehead atoms. The minimum atomic E-state index is 0.0117. The first-order valence-electron chi connectivity index (χ1n) is 8.56. The third kappa shape index (κ3) is 3.74. The Balaban J connectivity index is 1.58. The molecule has 3 rings (SSSR count). The standard InChI is InChI=1S/C17H25N3O3/c1-12(2)5-6-15-18-13-10-20(9-7-14(13)23-15)17(22)11-19-8-3-4-16(19)21/h12H,3-11H2,1-2H3. The number of hydrogen-bond donors (Lipinski definition) is 0. The van der Waals surface area contributed by atoms with Crippen molar-refractivity contribution in [2.75, 3.05) is 19.6 Å². The second-order valence-electron chi connectivity index (χ2n) is 6.89. The lowest BCUT2D eigenvalue weighted by molar-refractivity contribution is -0.139. The largest absolute Gasteiger partial charge is 0.445 e. The molecule has 1 fully saturated rings. The molecule has 6 heteroatoms. The highest BCUT2D eigenvalue weighted by molar-refractivity contribution is 5.86. The van der Waals surface area contributed by atoms with Crippen LogP contribution in [-0.4, -0.2) is 46.2 Å². The normalized spacial score (nSPS) is 18.0. The van der Waals surface area contributed by atoms with Gasteiger partial charge in [-0.1, -0.05) is 13.8 Å². The number of likely N-dealkylation sites (tertiary alicyclic amines) is 1. The summed E-state index contributed by atoms with van der Waals surface area (Å²) in [7, 11) is 0. The Morgan fingerprint density at radius 2 is 2.13 bits per heavy atom. The Kier molecular flexibility index (Phi) is 4.68. The van der Waals surface area contributed by atoms with Crippen molar-refractivity contribution in [3.8, 4) is 0 Å². The minimum Gasteiger partial charge on any atom is -0.445 e. The van der Waals surface area contributed by atoms with Crippen LogP contribution in [-0.2, 0) is 29.0 Å². The molecule has 0 atom stereocenters. The highest BCUT2D eigenvalue weighted by atomic mass is 16.4. The fourth-order valence-corrected chi connectivity index (χ4v) is 3.12. The topological polar surface area (TPSA) is 66.7 Å². The van der Waals surface area contributed by atoms with E-state index in [1.54, 1.807) is 9.80 Å². The number of carbonyl (C=O) groups excluding carboxylic acids is 2. The van der Waals surface area contributed by atoms with Gasteiger partial charge in [0.25, 0.3) is 0 Å². The smallest absolute Gasteiger partial charge is 0.242 e. The number of carbonyl (C=O) groups is 2. The minimum absolute atomic E-state index is 0.0117. The number of rotatable bonds is 5. The summed E-state index contributed by atoms with van der Waals surface area (Å²) in [6.45, 7) is 6.42. The summed E-state index contributed by atoms with van der Waals surface area (Å²) in [5.74, 6) is 2.43. The zero-order chi connectivity index (χ0) is 16.4. The van der Waals surface area contributed by atoms with E-state index in [9.17, 15) is 9.59 Å². The molecule has 1 aromatic heterocycles. The first-order valence-corrected chi connectivity index (χ1v) is 8.56. The maximum Gasteiger partial charge on any atom is 0.242 e. The third-order valence-electron chi connectivity index (χ3n) is 4.56. The lowest BCUT2D eigenvalue weighted by Crippen LogP contribution is -2.43. The van der Waals surface area contributed by atoms with Crippen molar-refractivity contribution in [1.29, 1.82) is 0 Å². The fourth-order valence-electron chi connectivity index (χ4n) is 3.12. The van der Waals surface area contributed by atoms with Crippen molar-refractivity contribution in [1.82, 2.24) is 14.8 Å². The predicted molar refractivity (Wildman–Crippen MR) is 84.6 cm³/mol. The monoisotopic (exact) mass is 319 g/mol. The van der Waals surface area contributed by atoms with E-state index in [0.29, 0.717) is 38.4 Å². The van der Waals surface area contributed by atoms with E-state index in [-0.39, 0.29) is 18.4 Å². The highest BCUT2D eigenvalue weighted by Crippen LogP contribution is 2.22. The van der Waals surface area contributed by atoms with Gasteiger partial charge in [-0.25, -0.2) is 4.98 Å². The molecule has 23 heavy (non-hydrogen) atoms. The van der Waals surface area contributed by atoms with Crippen LogP contribution >= 0.6 is 0 Å². The second-order valence-corrected chi connectivity index (χ2v) is 6.89. The van der Waals surface area contributed by atoms with Gasteiger partial charge < -0.3 is 14.2 Å². The fraction of sp³-hybridized carbons (Fsp3) is 0.706. The molecular formula is C17H25N3O3. The van der Waals surface area contributed by atoms with Crippen LogP contribution in [0.2, 0.25) is 0 Å². The van der Waals surface area contributed by atoms with E-state index >= 15 is 0 Å². The molecule has 2 aliphatic rings. The quantitative estimate of drug-likeness (QED) is 0.829. The highest BCUT2D eigenvalue weighted by Gasteiger charge is 2.29. The van der Waals surface area contributed by atoms with Crippen LogP contribution in [0.25, 0.3) is 0 Å². The predicted octanol–water partition coefficient (Wildman–Crippen LogP) is 1.77. The van der Waals surface area contributed by atoms with E-state index < -0.39 is 0 Å². The van der Waals surface area contributed by atoms with E-state index in [0.717, 1.165) is 36.6 Å². The van der Waals surface area contributed by atoms with Crippen LogP contribution in [0.4, 0.5) is 0 Å². The summed E-state index contributed by atoms with van der Waals surface area (Å²) >= 11 is 0. The Morgan fingerprint density at radius 3 is 2.83 bits per heavy atom. The molecule has 0 N–H and O–H groups in total. The molecule has 0 spiro atoms. The van der Waals surface area contributed by atoms with Crippen LogP contribution in [0, 0.1) is 5.92 Å². The molecule has 1 saturated heterocycles. The summed E-state index contributed by atoms with van der Waals surface area (Å²) in [4.78, 5) is 32.1. The number of hydrogen-bond acceptors (Lipinski definition) is 4. The molecule has 2 aliphatic heterocycles. The van der Waals surface area contributed by atoms with E-state index in [1.807, 2.05) is 0 Å². The van der Waals surface area contributed by atoms with Gasteiger partial charge in [-0.05, 0) is 18.8 Å². The van der Waals surface area contributed by atoms with Gasteiger partial charge in [-0.15, -0.1) is 0 Å². The maximum atomic E-state index is 12.4. The molecule has 0 aliphatic carbocycles. The van der Waals surface area contributed by atoms with E-state index in [2.05, 4.69) is 18.8 Å². The first-order chi connectivity index (χ1) is 11.0. The SMILES string of the molecule is CC(C)CCc1nc2c(o1)CCN(C(=O)CN1CCCC1=O)C2. The zero-order valence-electron chi connectivity index (χ0n) is 14.0. The van der Waals surface area contributed by atoms with Crippen molar-refractivity contribution < 1.29 is 14.0 Å². The van der Waals surface area contributed by atoms with Crippen LogP contribution in [0.15, 0.2) is 4.42 Å². The van der Waals surface area contributed by atoms with Gasteiger partial charge in [-0.3, -0.25) is 9.59 Å². The molecule has 6 nitrogen and oxygen atoms in total. The van der Waals surface area contributed by atoms with Crippen molar-refractivity contribution in [3.63, 3.8) is 0 Å². The van der Waals surface area contributed by atoms with Crippen LogP contribution in [0.1, 0.15) is 50.5 Å². The van der Waals surface area contributed by atoms with Gasteiger partial charge in [-0.2, -0.15) is 0 Å². The van der Waals surface area contributed by atoms with Gasteiger partial charge in [0.2, 0.25) is 11.8 Å². The molecule has 3 heterocycles. The first kappa shape index (κ1) is 16.0. The third-order valence-corrected chi connectivity index (χ3v) is 4.56. The second kappa shape index (κ2) is 6.72. The summed E-state index contributed by atoms with van der Waals surface area (Å²) in [6.07, 6.45) is 4.04. The van der Waals surface area contributed by atoms with Gasteiger partial charge >= 0.3 is 0 Å². The average Bonchev–Trinajstić information content (AvgIpc) is 3.10. The number of aryl methyl sites for hydroxylation is 1. The molecule has 0 unspecified atom stereocenters. The zero-order valence-corrected chi connectivity index (χ0v) is 14.0. The molecule has 0 aromatic carbocycles. The van der Waals surface area contributed by atoms with Gasteiger partial charge in [0.15, 0.2) is 5.89 Å². The lowest BCUT2D eigenvalue weighted by Gasteiger charge is -2.27. The summed E-state index contributed by atoms with van der Waals surface area (Å²) in [6, 6.07) is 0. The molecule has 0 radical (unpaired) electrons. The maximum absolute atomic E-state index is 12.4. The molecule has 1 aromatic rings. The van der Waals surface area contributed by atoms with Crippen molar-refractivity contribution in [3.05, 3.63) is 17.3 Å². The summed E-state index contributed by atoms with van der Waals surface area (Å²) in [5.41, 5.74) is 0.885. The van der Waals surface area contributed by atoms with E-state index in [1.165, 1.54) is 0 Å². The van der Waals surface area contributed by atoms with Gasteiger partial charge in [0, 0.05) is 32.4 Å². The van der Waals surface area contributed by atoms with Crippen molar-refractivity contribution >= 4 is 11.8 Å². The van der Waals surface area contributed by atoms with Crippen molar-refractivity contribution in [2.24, 2.45) is 5.92 Å². The van der Waals surface area contributed by atoms with Gasteiger partial charge in [0.1, 0.15) is 11.5 Å². The van der Waals surface area contributed by atoms with Crippen LogP contribution in [0.5, 0.6) is 0 Å². The average molecular weight is 319 g/mol. The Bertz CT molecular complexity index is 594. The van der Waals surface area contributed by atoms with Crippen molar-refractivity contribution in [2.45, 2.75) is 52.5 Å². The van der Waals surface area contributed by atoms with Crippen LogP contribution < -0.4 is 0 Å². The Hall–Kier alpha value is -1.85. The Morgan fingerprint density at radius 1 is 1.30 bits per heavy atom. The number of oxazole rings is 1. The molecule has 2 amide bonds. The Labute approximate surface area is 136 Å². The lowest BCUT2D eigenvalue weighted by atomic mass is 10.1. The molecule has 0 saturated carbocycles. The molecular weight excluding hydrogens is 294 g/mol. The van der Waals surface area contributed by atoms with Crippen LogP contribution in [0.3, 0.4) is 0 Å². The summed E-state index contributed by atoms with van der Waals surface area (Å²) < 4.78 is 5.82.